The van der Waals surface area contributed by atoms with Crippen LogP contribution < -0.4 is 4.74 Å². The second-order valence-electron chi connectivity index (χ2n) is 3.31. The summed E-state index contributed by atoms with van der Waals surface area (Å²) in [6.07, 6.45) is 4.35. The van der Waals surface area contributed by atoms with E-state index in [9.17, 15) is 4.79 Å². The molecule has 0 aliphatic carbocycles. The van der Waals surface area contributed by atoms with Crippen LogP contribution in [0.3, 0.4) is 0 Å². The number of hydrogen-bond acceptors (Lipinski definition) is 4. The fourth-order valence-electron chi connectivity index (χ4n) is 1.20. The minimum atomic E-state index is -0.404. The van der Waals surface area contributed by atoms with E-state index in [1.807, 2.05) is 24.3 Å². The van der Waals surface area contributed by atoms with Gasteiger partial charge in [-0.3, -0.25) is 0 Å². The minimum Gasteiger partial charge on any atom is -0.498 e. The zero-order valence-electron chi connectivity index (χ0n) is 10.3. The first-order chi connectivity index (χ1) is 8.76. The van der Waals surface area contributed by atoms with Gasteiger partial charge < -0.3 is 14.2 Å². The molecule has 0 amide bonds. The fourth-order valence-corrected chi connectivity index (χ4v) is 1.20. The molecule has 0 aliphatic rings. The van der Waals surface area contributed by atoms with Gasteiger partial charge in [0.25, 0.3) is 0 Å². The van der Waals surface area contributed by atoms with Crippen LogP contribution in [0.5, 0.6) is 5.75 Å². The van der Waals surface area contributed by atoms with E-state index < -0.39 is 5.97 Å². The molecule has 4 nitrogen and oxygen atoms in total. The van der Waals surface area contributed by atoms with Crippen molar-refractivity contribution in [2.45, 2.75) is 0 Å². The van der Waals surface area contributed by atoms with Gasteiger partial charge >= 0.3 is 5.97 Å². The van der Waals surface area contributed by atoms with Gasteiger partial charge in [-0.1, -0.05) is 18.7 Å². The van der Waals surface area contributed by atoms with Crippen LogP contribution in [0.25, 0.3) is 6.08 Å². The van der Waals surface area contributed by atoms with E-state index in [-0.39, 0.29) is 6.61 Å². The summed E-state index contributed by atoms with van der Waals surface area (Å²) in [5, 5.41) is 0. The summed E-state index contributed by atoms with van der Waals surface area (Å²) >= 11 is 0. The Morgan fingerprint density at radius 1 is 1.28 bits per heavy atom. The Kier molecular flexibility index (Phi) is 6.11. The van der Waals surface area contributed by atoms with Gasteiger partial charge in [0.2, 0.25) is 0 Å². The minimum absolute atomic E-state index is 0.206. The molecule has 0 heterocycles. The van der Waals surface area contributed by atoms with Crippen LogP contribution in [-0.2, 0) is 14.3 Å². The molecule has 1 aromatic carbocycles. The third-order valence-corrected chi connectivity index (χ3v) is 2.09. The highest BCUT2D eigenvalue weighted by atomic mass is 16.6. The Balaban J connectivity index is 2.37. The lowest BCUT2D eigenvalue weighted by Crippen LogP contribution is -2.06. The summed E-state index contributed by atoms with van der Waals surface area (Å²) in [5.74, 6) is 0.370. The molecule has 1 aromatic rings. The molecule has 0 N–H and O–H groups in total. The fraction of sp³-hybridized carbons (Fsp3) is 0.214. The number of methoxy groups -OCH3 is 1. The van der Waals surface area contributed by atoms with Crippen molar-refractivity contribution in [3.05, 3.63) is 48.7 Å². The van der Waals surface area contributed by atoms with Crippen molar-refractivity contribution in [3.8, 4) is 5.75 Å². The molecular formula is C14H16O4. The van der Waals surface area contributed by atoms with Gasteiger partial charge in [-0.25, -0.2) is 4.79 Å². The average Bonchev–Trinajstić information content (AvgIpc) is 2.42. The lowest BCUT2D eigenvalue weighted by molar-refractivity contribution is -0.138. The Bertz CT molecular complexity index is 406. The first-order valence-electron chi connectivity index (χ1n) is 5.47. The van der Waals surface area contributed by atoms with Gasteiger partial charge in [0.1, 0.15) is 19.0 Å². The molecule has 0 radical (unpaired) electrons. The molecule has 0 fully saturated rings. The first kappa shape index (κ1) is 13.8. The highest BCUT2D eigenvalue weighted by Gasteiger charge is 1.96. The Labute approximate surface area is 106 Å². The van der Waals surface area contributed by atoms with E-state index in [1.165, 1.54) is 12.3 Å². The van der Waals surface area contributed by atoms with Gasteiger partial charge in [0.15, 0.2) is 0 Å². The molecule has 4 heteroatoms. The highest BCUT2D eigenvalue weighted by Crippen LogP contribution is 2.12. The number of rotatable bonds is 7. The van der Waals surface area contributed by atoms with Gasteiger partial charge in [-0.2, -0.15) is 0 Å². The van der Waals surface area contributed by atoms with E-state index in [1.54, 1.807) is 13.2 Å². The SMILES string of the molecule is C=COCCOC(=O)/C=C/c1ccc(OC)cc1. The van der Waals surface area contributed by atoms with Crippen molar-refractivity contribution in [2.75, 3.05) is 20.3 Å². The second kappa shape index (κ2) is 7.95. The van der Waals surface area contributed by atoms with Crippen LogP contribution in [0, 0.1) is 0 Å². The molecule has 0 unspecified atom stereocenters. The largest absolute Gasteiger partial charge is 0.498 e. The zero-order valence-corrected chi connectivity index (χ0v) is 10.3. The summed E-state index contributed by atoms with van der Waals surface area (Å²) in [6, 6.07) is 7.35. The molecule has 0 saturated heterocycles. The highest BCUT2D eigenvalue weighted by molar-refractivity contribution is 5.87. The average molecular weight is 248 g/mol. The van der Waals surface area contributed by atoms with Gasteiger partial charge in [-0.15, -0.1) is 0 Å². The van der Waals surface area contributed by atoms with Gasteiger partial charge in [0, 0.05) is 6.08 Å². The Hall–Kier alpha value is -2.23. The van der Waals surface area contributed by atoms with E-state index in [2.05, 4.69) is 6.58 Å². The van der Waals surface area contributed by atoms with Crippen molar-refractivity contribution in [3.63, 3.8) is 0 Å². The number of ether oxygens (including phenoxy) is 3. The molecule has 0 bridgehead atoms. The number of hydrogen-bond donors (Lipinski definition) is 0. The molecule has 0 aromatic heterocycles. The van der Waals surface area contributed by atoms with Crippen LogP contribution >= 0.6 is 0 Å². The first-order valence-corrected chi connectivity index (χ1v) is 5.47. The smallest absolute Gasteiger partial charge is 0.330 e. The monoisotopic (exact) mass is 248 g/mol. The van der Waals surface area contributed by atoms with Crippen molar-refractivity contribution >= 4 is 12.0 Å². The van der Waals surface area contributed by atoms with E-state index in [4.69, 9.17) is 14.2 Å². The van der Waals surface area contributed by atoms with Gasteiger partial charge in [0.05, 0.1) is 13.4 Å². The van der Waals surface area contributed by atoms with Crippen LogP contribution in [0.15, 0.2) is 43.2 Å². The normalized spacial score (nSPS) is 10.1. The Morgan fingerprint density at radius 2 is 2.00 bits per heavy atom. The molecule has 96 valence electrons. The van der Waals surface area contributed by atoms with Crippen molar-refractivity contribution in [1.82, 2.24) is 0 Å². The lowest BCUT2D eigenvalue weighted by Gasteiger charge is -2.01. The molecule has 0 atom stereocenters. The quantitative estimate of drug-likeness (QED) is 0.322. The molecule has 1 rings (SSSR count). The summed E-state index contributed by atoms with van der Waals surface area (Å²) in [5.41, 5.74) is 0.898. The molecule has 0 saturated carbocycles. The topological polar surface area (TPSA) is 44.8 Å². The third kappa shape index (κ3) is 5.21. The Morgan fingerprint density at radius 3 is 2.61 bits per heavy atom. The number of benzene rings is 1. The van der Waals surface area contributed by atoms with E-state index in [0.29, 0.717) is 6.61 Å². The standard InChI is InChI=1S/C14H16O4/c1-3-17-10-11-18-14(15)9-6-12-4-7-13(16-2)8-5-12/h3-9H,1,10-11H2,2H3/b9-6+. The van der Waals surface area contributed by atoms with E-state index >= 15 is 0 Å². The number of carbonyl (C=O) groups excluding carboxylic acids is 1. The maximum Gasteiger partial charge on any atom is 0.330 e. The van der Waals surface area contributed by atoms with Crippen LogP contribution in [0.4, 0.5) is 0 Å². The zero-order chi connectivity index (χ0) is 13.2. The van der Waals surface area contributed by atoms with Crippen molar-refractivity contribution < 1.29 is 19.0 Å². The third-order valence-electron chi connectivity index (χ3n) is 2.09. The number of carbonyl (C=O) groups is 1. The summed E-state index contributed by atoms with van der Waals surface area (Å²) < 4.78 is 14.7. The maximum absolute atomic E-state index is 11.3. The van der Waals surface area contributed by atoms with Crippen molar-refractivity contribution in [2.24, 2.45) is 0 Å². The lowest BCUT2D eigenvalue weighted by atomic mass is 10.2. The van der Waals surface area contributed by atoms with Crippen LogP contribution in [-0.4, -0.2) is 26.3 Å². The summed E-state index contributed by atoms with van der Waals surface area (Å²) in [4.78, 5) is 11.3. The predicted octanol–water partition coefficient (Wildman–Crippen LogP) is 2.41. The molecule has 0 aliphatic heterocycles. The molecule has 18 heavy (non-hydrogen) atoms. The number of esters is 1. The summed E-state index contributed by atoms with van der Waals surface area (Å²) in [6.45, 7) is 3.90. The van der Waals surface area contributed by atoms with Crippen molar-refractivity contribution in [1.29, 1.82) is 0 Å². The van der Waals surface area contributed by atoms with Gasteiger partial charge in [-0.05, 0) is 23.8 Å². The maximum atomic E-state index is 11.3. The van der Waals surface area contributed by atoms with Crippen LogP contribution in [0.2, 0.25) is 0 Å². The molecular weight excluding hydrogens is 232 g/mol. The second-order valence-corrected chi connectivity index (χ2v) is 3.31. The molecule has 0 spiro atoms. The summed E-state index contributed by atoms with van der Waals surface area (Å²) in [7, 11) is 1.60. The van der Waals surface area contributed by atoms with Crippen LogP contribution in [0.1, 0.15) is 5.56 Å². The predicted molar refractivity (Wildman–Crippen MR) is 69.1 cm³/mol. The van der Waals surface area contributed by atoms with E-state index in [0.717, 1.165) is 11.3 Å².